The van der Waals surface area contributed by atoms with Crippen LogP contribution in [0.2, 0.25) is 0 Å². The van der Waals surface area contributed by atoms with Crippen LogP contribution in [0.4, 0.5) is 0 Å². The molecule has 3 unspecified atom stereocenters. The molecule has 2 rings (SSSR count). The van der Waals surface area contributed by atoms with Gasteiger partial charge in [0.25, 0.3) is 0 Å². The standard InChI is InChI=1S/C13H26N2/c1-11-5-2-3-7-13(11)15-12-6-4-9-14-10-8-12/h11-15H,2-10H2,1H3. The molecule has 2 fully saturated rings. The Morgan fingerprint density at radius 3 is 2.67 bits per heavy atom. The van der Waals surface area contributed by atoms with Gasteiger partial charge in [-0.2, -0.15) is 0 Å². The number of rotatable bonds is 2. The van der Waals surface area contributed by atoms with Crippen molar-refractivity contribution in [2.24, 2.45) is 5.92 Å². The topological polar surface area (TPSA) is 24.1 Å². The molecular weight excluding hydrogens is 184 g/mol. The van der Waals surface area contributed by atoms with Gasteiger partial charge < -0.3 is 10.6 Å². The van der Waals surface area contributed by atoms with Gasteiger partial charge in [-0.3, -0.25) is 0 Å². The van der Waals surface area contributed by atoms with Crippen molar-refractivity contribution in [2.75, 3.05) is 13.1 Å². The van der Waals surface area contributed by atoms with Crippen molar-refractivity contribution >= 4 is 0 Å². The quantitative estimate of drug-likeness (QED) is 0.731. The molecule has 2 N–H and O–H groups in total. The SMILES string of the molecule is CC1CCCCC1NC1CCCNCC1. The lowest BCUT2D eigenvalue weighted by molar-refractivity contribution is 0.251. The zero-order valence-electron chi connectivity index (χ0n) is 10.1. The van der Waals surface area contributed by atoms with Gasteiger partial charge >= 0.3 is 0 Å². The first kappa shape index (κ1) is 11.4. The van der Waals surface area contributed by atoms with Crippen molar-refractivity contribution in [3.8, 4) is 0 Å². The van der Waals surface area contributed by atoms with Crippen LogP contribution < -0.4 is 10.6 Å². The minimum atomic E-state index is 0.783. The smallest absolute Gasteiger partial charge is 0.00952 e. The third-order valence-corrected chi connectivity index (χ3v) is 4.14. The average Bonchev–Trinajstić information content (AvgIpc) is 2.50. The first-order chi connectivity index (χ1) is 7.36. The molecule has 1 aliphatic carbocycles. The molecule has 1 heterocycles. The van der Waals surface area contributed by atoms with Crippen molar-refractivity contribution in [2.45, 2.75) is 64.0 Å². The van der Waals surface area contributed by atoms with Gasteiger partial charge in [0.15, 0.2) is 0 Å². The molecule has 1 saturated carbocycles. The highest BCUT2D eigenvalue weighted by Crippen LogP contribution is 2.24. The van der Waals surface area contributed by atoms with E-state index in [1.54, 1.807) is 0 Å². The number of hydrogen-bond acceptors (Lipinski definition) is 2. The van der Waals surface area contributed by atoms with Crippen molar-refractivity contribution in [3.05, 3.63) is 0 Å². The van der Waals surface area contributed by atoms with E-state index in [2.05, 4.69) is 17.6 Å². The van der Waals surface area contributed by atoms with Gasteiger partial charge in [0.1, 0.15) is 0 Å². The van der Waals surface area contributed by atoms with Gasteiger partial charge in [-0.25, -0.2) is 0 Å². The monoisotopic (exact) mass is 210 g/mol. The molecule has 0 spiro atoms. The van der Waals surface area contributed by atoms with Crippen molar-refractivity contribution in [3.63, 3.8) is 0 Å². The van der Waals surface area contributed by atoms with Crippen molar-refractivity contribution in [1.29, 1.82) is 0 Å². The maximum absolute atomic E-state index is 3.91. The first-order valence-electron chi connectivity index (χ1n) is 6.83. The van der Waals surface area contributed by atoms with Crippen LogP contribution in [0, 0.1) is 5.92 Å². The predicted octanol–water partition coefficient (Wildman–Crippen LogP) is 2.30. The Hall–Kier alpha value is -0.0800. The Morgan fingerprint density at radius 1 is 0.933 bits per heavy atom. The van der Waals surface area contributed by atoms with Crippen LogP contribution in [0.3, 0.4) is 0 Å². The summed E-state index contributed by atoms with van der Waals surface area (Å²) in [5.41, 5.74) is 0. The summed E-state index contributed by atoms with van der Waals surface area (Å²) in [5, 5.41) is 7.39. The van der Waals surface area contributed by atoms with E-state index >= 15 is 0 Å². The number of hydrogen-bond donors (Lipinski definition) is 2. The largest absolute Gasteiger partial charge is 0.317 e. The minimum Gasteiger partial charge on any atom is -0.317 e. The molecule has 0 bridgehead atoms. The van der Waals surface area contributed by atoms with Gasteiger partial charge in [0.05, 0.1) is 0 Å². The average molecular weight is 210 g/mol. The fraction of sp³-hybridized carbons (Fsp3) is 1.00. The summed E-state index contributed by atoms with van der Waals surface area (Å²) < 4.78 is 0. The summed E-state index contributed by atoms with van der Waals surface area (Å²) in [6.45, 7) is 4.85. The van der Waals surface area contributed by atoms with Crippen molar-refractivity contribution < 1.29 is 0 Å². The molecule has 0 radical (unpaired) electrons. The maximum Gasteiger partial charge on any atom is 0.00952 e. The molecule has 1 saturated heterocycles. The highest BCUT2D eigenvalue weighted by atomic mass is 15.0. The highest BCUT2D eigenvalue weighted by Gasteiger charge is 2.23. The summed E-state index contributed by atoms with van der Waals surface area (Å²) >= 11 is 0. The zero-order chi connectivity index (χ0) is 10.5. The lowest BCUT2D eigenvalue weighted by Gasteiger charge is -2.33. The summed E-state index contributed by atoms with van der Waals surface area (Å²) in [7, 11) is 0. The second-order valence-electron chi connectivity index (χ2n) is 5.41. The van der Waals surface area contributed by atoms with Gasteiger partial charge in [-0.1, -0.05) is 19.8 Å². The second-order valence-corrected chi connectivity index (χ2v) is 5.41. The lowest BCUT2D eigenvalue weighted by atomic mass is 9.85. The number of nitrogens with one attached hydrogen (secondary N) is 2. The van der Waals surface area contributed by atoms with E-state index in [0.29, 0.717) is 0 Å². The van der Waals surface area contributed by atoms with E-state index in [1.807, 2.05) is 0 Å². The van der Waals surface area contributed by atoms with Gasteiger partial charge in [-0.15, -0.1) is 0 Å². The molecule has 88 valence electrons. The lowest BCUT2D eigenvalue weighted by Crippen LogP contribution is -2.43. The zero-order valence-corrected chi connectivity index (χ0v) is 10.1. The fourth-order valence-electron chi connectivity index (χ4n) is 3.05. The van der Waals surface area contributed by atoms with E-state index < -0.39 is 0 Å². The van der Waals surface area contributed by atoms with Crippen LogP contribution in [0.1, 0.15) is 51.9 Å². The van der Waals surface area contributed by atoms with E-state index in [9.17, 15) is 0 Å². The Morgan fingerprint density at radius 2 is 1.80 bits per heavy atom. The molecule has 0 aromatic rings. The van der Waals surface area contributed by atoms with Crippen LogP contribution in [0.15, 0.2) is 0 Å². The second kappa shape index (κ2) is 5.86. The molecule has 2 nitrogen and oxygen atoms in total. The third-order valence-electron chi connectivity index (χ3n) is 4.14. The molecule has 3 atom stereocenters. The Kier molecular flexibility index (Phi) is 4.45. The van der Waals surface area contributed by atoms with E-state index in [4.69, 9.17) is 0 Å². The first-order valence-corrected chi connectivity index (χ1v) is 6.83. The summed E-state index contributed by atoms with van der Waals surface area (Å²) in [6, 6.07) is 1.59. The van der Waals surface area contributed by atoms with Gasteiger partial charge in [0.2, 0.25) is 0 Å². The normalized spacial score (nSPS) is 38.6. The Balaban J connectivity index is 1.78. The summed E-state index contributed by atoms with van der Waals surface area (Å²) in [4.78, 5) is 0. The molecule has 2 aliphatic rings. The van der Waals surface area contributed by atoms with E-state index in [1.165, 1.54) is 58.0 Å². The fourth-order valence-corrected chi connectivity index (χ4v) is 3.05. The molecule has 1 aliphatic heterocycles. The molecule has 2 heteroatoms. The predicted molar refractivity (Wildman–Crippen MR) is 65.1 cm³/mol. The van der Waals surface area contributed by atoms with E-state index in [-0.39, 0.29) is 0 Å². The molecule has 0 amide bonds. The minimum absolute atomic E-state index is 0.783. The molecular formula is C13H26N2. The van der Waals surface area contributed by atoms with Gasteiger partial charge in [-0.05, 0) is 51.1 Å². The van der Waals surface area contributed by atoms with Gasteiger partial charge in [0, 0.05) is 12.1 Å². The molecule has 0 aromatic heterocycles. The van der Waals surface area contributed by atoms with Crippen LogP contribution in [-0.4, -0.2) is 25.2 Å². The van der Waals surface area contributed by atoms with Crippen LogP contribution >= 0.6 is 0 Å². The molecule has 0 aromatic carbocycles. The van der Waals surface area contributed by atoms with Crippen LogP contribution in [0.25, 0.3) is 0 Å². The summed E-state index contributed by atoms with van der Waals surface area (Å²) in [6.07, 6.45) is 9.77. The van der Waals surface area contributed by atoms with Crippen molar-refractivity contribution in [1.82, 2.24) is 10.6 Å². The summed E-state index contributed by atoms with van der Waals surface area (Å²) in [5.74, 6) is 0.898. The van der Waals surface area contributed by atoms with Crippen LogP contribution in [0.5, 0.6) is 0 Å². The van der Waals surface area contributed by atoms with E-state index in [0.717, 1.165) is 18.0 Å². The van der Waals surface area contributed by atoms with Crippen LogP contribution in [-0.2, 0) is 0 Å². The Labute approximate surface area is 94.2 Å². The maximum atomic E-state index is 3.91. The third kappa shape index (κ3) is 3.46. The molecule has 15 heavy (non-hydrogen) atoms. The Bertz CT molecular complexity index is 173. The highest BCUT2D eigenvalue weighted by molar-refractivity contribution is 4.83.